The summed E-state index contributed by atoms with van der Waals surface area (Å²) in [7, 11) is 3.31. The second kappa shape index (κ2) is 4.79. The molecule has 1 aromatic heterocycles. The van der Waals surface area contributed by atoms with Gasteiger partial charge in [-0.05, 0) is 18.2 Å². The lowest BCUT2D eigenvalue weighted by atomic mass is 10.2. The molecule has 3 N–H and O–H groups in total. The van der Waals surface area contributed by atoms with Crippen molar-refractivity contribution in [3.8, 4) is 5.75 Å². The lowest BCUT2D eigenvalue weighted by molar-refractivity contribution is 0.102. The first-order chi connectivity index (χ1) is 8.60. The molecule has 0 saturated heterocycles. The molecule has 2 aromatic rings. The number of amides is 1. The van der Waals surface area contributed by atoms with Gasteiger partial charge in [-0.25, -0.2) is 0 Å². The quantitative estimate of drug-likeness (QED) is 0.799. The molecule has 1 aromatic carbocycles. The lowest BCUT2D eigenvalue weighted by Crippen LogP contribution is -2.13. The SMILES string of the molecule is COc1ccc(C(=O)Nc2ccn(C)n2)cc1N. The fraction of sp³-hybridized carbons (Fsp3) is 0.167. The van der Waals surface area contributed by atoms with Gasteiger partial charge in [-0.1, -0.05) is 0 Å². The van der Waals surface area contributed by atoms with Crippen LogP contribution in [-0.4, -0.2) is 22.8 Å². The van der Waals surface area contributed by atoms with E-state index < -0.39 is 0 Å². The molecule has 0 unspecified atom stereocenters. The summed E-state index contributed by atoms with van der Waals surface area (Å²) in [6, 6.07) is 6.58. The Morgan fingerprint density at radius 3 is 2.78 bits per heavy atom. The normalized spacial score (nSPS) is 10.1. The highest BCUT2D eigenvalue weighted by Gasteiger charge is 2.09. The Morgan fingerprint density at radius 2 is 2.22 bits per heavy atom. The molecule has 0 fully saturated rings. The van der Waals surface area contributed by atoms with Gasteiger partial charge >= 0.3 is 0 Å². The standard InChI is InChI=1S/C12H14N4O2/c1-16-6-5-11(15-16)14-12(17)8-3-4-10(18-2)9(13)7-8/h3-7H,13H2,1-2H3,(H,14,15,17). The van der Waals surface area contributed by atoms with Crippen LogP contribution in [0.1, 0.15) is 10.4 Å². The number of aryl methyl sites for hydroxylation is 1. The number of hydrogen-bond acceptors (Lipinski definition) is 4. The minimum Gasteiger partial charge on any atom is -0.495 e. The average molecular weight is 246 g/mol. The molecule has 0 atom stereocenters. The van der Waals surface area contributed by atoms with Gasteiger partial charge in [0.25, 0.3) is 5.91 Å². The van der Waals surface area contributed by atoms with Crippen LogP contribution in [0.3, 0.4) is 0 Å². The van der Waals surface area contributed by atoms with Crippen LogP contribution in [0.5, 0.6) is 5.75 Å². The van der Waals surface area contributed by atoms with Crippen LogP contribution in [0.2, 0.25) is 0 Å². The van der Waals surface area contributed by atoms with Crippen molar-refractivity contribution in [3.63, 3.8) is 0 Å². The molecule has 6 nitrogen and oxygen atoms in total. The number of aromatic nitrogens is 2. The van der Waals surface area contributed by atoms with E-state index in [1.54, 1.807) is 42.2 Å². The Bertz CT molecular complexity index is 577. The zero-order valence-electron chi connectivity index (χ0n) is 10.2. The third-order valence-electron chi connectivity index (χ3n) is 2.45. The van der Waals surface area contributed by atoms with Crippen molar-refractivity contribution < 1.29 is 9.53 Å². The van der Waals surface area contributed by atoms with Gasteiger partial charge in [0.1, 0.15) is 5.75 Å². The minimum atomic E-state index is -0.261. The highest BCUT2D eigenvalue weighted by molar-refractivity contribution is 6.04. The number of ether oxygens (including phenoxy) is 1. The second-order valence-corrected chi connectivity index (χ2v) is 3.79. The Morgan fingerprint density at radius 1 is 1.44 bits per heavy atom. The predicted octanol–water partition coefficient (Wildman–Crippen LogP) is 1.26. The molecule has 94 valence electrons. The second-order valence-electron chi connectivity index (χ2n) is 3.79. The third-order valence-corrected chi connectivity index (χ3v) is 2.45. The van der Waals surface area contributed by atoms with Gasteiger partial charge in [-0.3, -0.25) is 9.48 Å². The van der Waals surface area contributed by atoms with Crippen LogP contribution in [0, 0.1) is 0 Å². The molecule has 0 spiro atoms. The maximum absolute atomic E-state index is 11.9. The van der Waals surface area contributed by atoms with Crippen molar-refractivity contribution >= 4 is 17.4 Å². The van der Waals surface area contributed by atoms with Crippen molar-refractivity contribution in [1.29, 1.82) is 0 Å². The predicted molar refractivity (Wildman–Crippen MR) is 68.6 cm³/mol. The average Bonchev–Trinajstić information content (AvgIpc) is 2.74. The van der Waals surface area contributed by atoms with Gasteiger partial charge in [0.05, 0.1) is 12.8 Å². The van der Waals surface area contributed by atoms with Crippen LogP contribution in [0.4, 0.5) is 11.5 Å². The molecule has 0 saturated carbocycles. The monoisotopic (exact) mass is 246 g/mol. The van der Waals surface area contributed by atoms with Gasteiger partial charge in [0.15, 0.2) is 5.82 Å². The molecular formula is C12H14N4O2. The highest BCUT2D eigenvalue weighted by Crippen LogP contribution is 2.22. The van der Waals surface area contributed by atoms with Crippen LogP contribution >= 0.6 is 0 Å². The number of nitrogen functional groups attached to an aromatic ring is 1. The molecule has 0 aliphatic heterocycles. The van der Waals surface area contributed by atoms with Gasteiger partial charge in [0.2, 0.25) is 0 Å². The van der Waals surface area contributed by atoms with Crippen molar-refractivity contribution in [2.45, 2.75) is 0 Å². The topological polar surface area (TPSA) is 82.2 Å². The largest absolute Gasteiger partial charge is 0.495 e. The summed E-state index contributed by atoms with van der Waals surface area (Å²) in [6.07, 6.45) is 1.75. The zero-order chi connectivity index (χ0) is 13.1. The molecule has 0 aliphatic carbocycles. The molecule has 2 rings (SSSR count). The van der Waals surface area contributed by atoms with Crippen LogP contribution in [0.25, 0.3) is 0 Å². The van der Waals surface area contributed by atoms with Crippen LogP contribution in [-0.2, 0) is 7.05 Å². The van der Waals surface area contributed by atoms with E-state index in [1.165, 1.54) is 7.11 Å². The fourth-order valence-electron chi connectivity index (χ4n) is 1.55. The summed E-state index contributed by atoms with van der Waals surface area (Å²) >= 11 is 0. The van der Waals surface area contributed by atoms with E-state index in [4.69, 9.17) is 10.5 Å². The van der Waals surface area contributed by atoms with Gasteiger partial charge < -0.3 is 15.8 Å². The minimum absolute atomic E-state index is 0.261. The smallest absolute Gasteiger partial charge is 0.256 e. The van der Waals surface area contributed by atoms with E-state index >= 15 is 0 Å². The third kappa shape index (κ3) is 2.42. The highest BCUT2D eigenvalue weighted by atomic mass is 16.5. The molecule has 18 heavy (non-hydrogen) atoms. The van der Waals surface area contributed by atoms with Crippen molar-refractivity contribution in [3.05, 3.63) is 36.0 Å². The van der Waals surface area contributed by atoms with Gasteiger partial charge in [0, 0.05) is 24.9 Å². The number of hydrogen-bond donors (Lipinski definition) is 2. The fourth-order valence-corrected chi connectivity index (χ4v) is 1.55. The molecular weight excluding hydrogens is 232 g/mol. The van der Waals surface area contributed by atoms with E-state index in [0.717, 1.165) is 0 Å². The Hall–Kier alpha value is -2.50. The summed E-state index contributed by atoms with van der Waals surface area (Å²) in [4.78, 5) is 11.9. The number of anilines is 2. The van der Waals surface area contributed by atoms with Crippen molar-refractivity contribution in [2.24, 2.45) is 7.05 Å². The number of methoxy groups -OCH3 is 1. The molecule has 1 amide bonds. The van der Waals surface area contributed by atoms with E-state index in [1.807, 2.05) is 0 Å². The summed E-state index contributed by atoms with van der Waals surface area (Å²) in [6.45, 7) is 0. The Labute approximate surface area is 104 Å². The Kier molecular flexibility index (Phi) is 3.18. The van der Waals surface area contributed by atoms with Gasteiger partial charge in [-0.2, -0.15) is 5.10 Å². The summed E-state index contributed by atoms with van der Waals surface area (Å²) in [5, 5.41) is 6.74. The van der Waals surface area contributed by atoms with Crippen LogP contribution < -0.4 is 15.8 Å². The number of carbonyl (C=O) groups is 1. The molecule has 0 bridgehead atoms. The number of nitrogens with one attached hydrogen (secondary N) is 1. The van der Waals surface area contributed by atoms with Crippen molar-refractivity contribution in [2.75, 3.05) is 18.2 Å². The first-order valence-electron chi connectivity index (χ1n) is 5.34. The van der Waals surface area contributed by atoms with E-state index in [0.29, 0.717) is 22.8 Å². The van der Waals surface area contributed by atoms with Crippen LogP contribution in [0.15, 0.2) is 30.5 Å². The van der Waals surface area contributed by atoms with E-state index in [-0.39, 0.29) is 5.91 Å². The zero-order valence-corrected chi connectivity index (χ0v) is 10.2. The number of nitrogens with zero attached hydrogens (tertiary/aromatic N) is 2. The first kappa shape index (κ1) is 12.0. The maximum Gasteiger partial charge on any atom is 0.256 e. The number of rotatable bonds is 3. The molecule has 0 aliphatic rings. The summed E-state index contributed by atoms with van der Waals surface area (Å²) in [5.74, 6) is 0.782. The number of carbonyl (C=O) groups excluding carboxylic acids is 1. The van der Waals surface area contributed by atoms with E-state index in [2.05, 4.69) is 10.4 Å². The molecule has 0 radical (unpaired) electrons. The molecule has 1 heterocycles. The summed E-state index contributed by atoms with van der Waals surface area (Å²) in [5.41, 5.74) is 6.62. The maximum atomic E-state index is 11.9. The lowest BCUT2D eigenvalue weighted by Gasteiger charge is -2.06. The first-order valence-corrected chi connectivity index (χ1v) is 5.34. The van der Waals surface area contributed by atoms with E-state index in [9.17, 15) is 4.79 Å². The molecule has 6 heteroatoms. The van der Waals surface area contributed by atoms with Crippen molar-refractivity contribution in [1.82, 2.24) is 9.78 Å². The van der Waals surface area contributed by atoms with Gasteiger partial charge in [-0.15, -0.1) is 0 Å². The summed E-state index contributed by atoms with van der Waals surface area (Å²) < 4.78 is 6.64. The Balaban J connectivity index is 2.16. The number of nitrogens with two attached hydrogens (primary N) is 1. The number of benzene rings is 1.